The molecule has 0 aliphatic carbocycles. The molecular formula is C26H18O2. The lowest BCUT2D eigenvalue weighted by Gasteiger charge is -2.09. The van der Waals surface area contributed by atoms with E-state index >= 15 is 0 Å². The van der Waals surface area contributed by atoms with Crippen LogP contribution in [0.1, 0.15) is 11.1 Å². The summed E-state index contributed by atoms with van der Waals surface area (Å²) in [4.78, 5) is 0. The van der Waals surface area contributed by atoms with Crippen LogP contribution in [0.2, 0.25) is 0 Å². The average molecular weight is 362 g/mol. The largest absolute Gasteiger partial charge is 0.455 e. The first-order chi connectivity index (χ1) is 13.7. The van der Waals surface area contributed by atoms with Gasteiger partial charge in [0.05, 0.1) is 5.39 Å². The van der Waals surface area contributed by atoms with E-state index < -0.39 is 0 Å². The first-order valence-electron chi connectivity index (χ1n) is 9.54. The van der Waals surface area contributed by atoms with E-state index in [9.17, 15) is 0 Å². The maximum Gasteiger partial charge on any atom is 0.147 e. The lowest BCUT2D eigenvalue weighted by molar-refractivity contribution is 0.663. The van der Waals surface area contributed by atoms with E-state index in [1.807, 2.05) is 12.1 Å². The van der Waals surface area contributed by atoms with Gasteiger partial charge in [-0.1, -0.05) is 54.6 Å². The van der Waals surface area contributed by atoms with Crippen molar-refractivity contribution in [1.82, 2.24) is 0 Å². The Morgan fingerprint density at radius 1 is 0.536 bits per heavy atom. The van der Waals surface area contributed by atoms with Gasteiger partial charge in [0.25, 0.3) is 0 Å². The van der Waals surface area contributed by atoms with Gasteiger partial charge >= 0.3 is 0 Å². The molecule has 0 saturated carbocycles. The Bertz CT molecular complexity index is 1530. The standard InChI is InChI=1S/C26H18O2/c1-15-7-3-4-8-17(15)23-16(2)11-12-20-24-22(28-26(20)23)14-13-19-18-9-5-6-10-21(18)27-25(19)24/h3-14H,1-2H3. The van der Waals surface area contributed by atoms with Gasteiger partial charge in [0, 0.05) is 21.7 Å². The predicted octanol–water partition coefficient (Wildman–Crippen LogP) is 7.77. The molecule has 4 aromatic carbocycles. The molecule has 6 aromatic rings. The van der Waals surface area contributed by atoms with Crippen LogP contribution in [-0.2, 0) is 0 Å². The molecule has 2 aromatic heterocycles. The summed E-state index contributed by atoms with van der Waals surface area (Å²) in [6, 6.07) is 25.2. The fourth-order valence-electron chi connectivity index (χ4n) is 4.39. The van der Waals surface area contributed by atoms with Crippen LogP contribution in [0.3, 0.4) is 0 Å². The number of furan rings is 2. The Kier molecular flexibility index (Phi) is 3.05. The highest BCUT2D eigenvalue weighted by Crippen LogP contribution is 2.43. The Morgan fingerprint density at radius 3 is 2.18 bits per heavy atom. The number of para-hydroxylation sites is 1. The summed E-state index contributed by atoms with van der Waals surface area (Å²) in [5.41, 5.74) is 8.43. The van der Waals surface area contributed by atoms with Gasteiger partial charge in [-0.15, -0.1) is 0 Å². The molecule has 0 fully saturated rings. The van der Waals surface area contributed by atoms with Crippen LogP contribution < -0.4 is 0 Å². The molecule has 134 valence electrons. The second-order valence-corrected chi connectivity index (χ2v) is 7.46. The molecule has 6 rings (SSSR count). The average Bonchev–Trinajstić information content (AvgIpc) is 3.26. The molecule has 28 heavy (non-hydrogen) atoms. The maximum atomic E-state index is 6.42. The molecule has 0 atom stereocenters. The van der Waals surface area contributed by atoms with Crippen molar-refractivity contribution in [3.8, 4) is 11.1 Å². The third-order valence-electron chi connectivity index (χ3n) is 5.77. The van der Waals surface area contributed by atoms with Crippen molar-refractivity contribution < 1.29 is 8.83 Å². The van der Waals surface area contributed by atoms with E-state index in [0.717, 1.165) is 49.4 Å². The highest BCUT2D eigenvalue weighted by molar-refractivity contribution is 6.23. The van der Waals surface area contributed by atoms with Gasteiger partial charge in [-0.05, 0) is 48.7 Å². The summed E-state index contributed by atoms with van der Waals surface area (Å²) in [6.45, 7) is 4.29. The molecule has 2 nitrogen and oxygen atoms in total. The van der Waals surface area contributed by atoms with Crippen molar-refractivity contribution in [2.45, 2.75) is 13.8 Å². The number of aryl methyl sites for hydroxylation is 2. The van der Waals surface area contributed by atoms with Crippen molar-refractivity contribution in [2.75, 3.05) is 0 Å². The van der Waals surface area contributed by atoms with Crippen molar-refractivity contribution in [1.29, 1.82) is 0 Å². The molecule has 2 heteroatoms. The highest BCUT2D eigenvalue weighted by atomic mass is 16.3. The quantitative estimate of drug-likeness (QED) is 0.299. The van der Waals surface area contributed by atoms with Crippen molar-refractivity contribution in [3.63, 3.8) is 0 Å². The van der Waals surface area contributed by atoms with Gasteiger partial charge in [0.2, 0.25) is 0 Å². The Morgan fingerprint density at radius 2 is 1.29 bits per heavy atom. The van der Waals surface area contributed by atoms with Crippen molar-refractivity contribution in [2.24, 2.45) is 0 Å². The zero-order valence-corrected chi connectivity index (χ0v) is 15.7. The van der Waals surface area contributed by atoms with Crippen LogP contribution >= 0.6 is 0 Å². The highest BCUT2D eigenvalue weighted by Gasteiger charge is 2.19. The lowest BCUT2D eigenvalue weighted by atomic mass is 9.94. The SMILES string of the molecule is Cc1ccccc1-c1c(C)ccc2c1oc1ccc3c4ccccc4oc3c12. The summed E-state index contributed by atoms with van der Waals surface area (Å²) in [6.07, 6.45) is 0. The van der Waals surface area contributed by atoms with Crippen LogP contribution in [0, 0.1) is 13.8 Å². The smallest absolute Gasteiger partial charge is 0.147 e. The van der Waals surface area contributed by atoms with Crippen LogP contribution in [0.25, 0.3) is 55.0 Å². The van der Waals surface area contributed by atoms with Crippen LogP contribution in [0.15, 0.2) is 81.6 Å². The van der Waals surface area contributed by atoms with Gasteiger partial charge in [-0.2, -0.15) is 0 Å². The number of hydrogen-bond donors (Lipinski definition) is 0. The first-order valence-corrected chi connectivity index (χ1v) is 9.54. The molecular weight excluding hydrogens is 344 g/mol. The molecule has 0 saturated heterocycles. The second kappa shape index (κ2) is 5.49. The first kappa shape index (κ1) is 15.5. The normalized spacial score (nSPS) is 11.9. The van der Waals surface area contributed by atoms with Gasteiger partial charge in [0.15, 0.2) is 0 Å². The third-order valence-corrected chi connectivity index (χ3v) is 5.77. The van der Waals surface area contributed by atoms with Crippen molar-refractivity contribution >= 4 is 43.9 Å². The minimum Gasteiger partial charge on any atom is -0.455 e. The molecule has 0 bridgehead atoms. The number of rotatable bonds is 1. The molecule has 0 unspecified atom stereocenters. The van der Waals surface area contributed by atoms with Crippen LogP contribution in [0.4, 0.5) is 0 Å². The molecule has 2 heterocycles. The topological polar surface area (TPSA) is 26.3 Å². The molecule has 0 spiro atoms. The molecule has 0 amide bonds. The van der Waals surface area contributed by atoms with E-state index in [1.165, 1.54) is 16.7 Å². The van der Waals surface area contributed by atoms with E-state index in [0.29, 0.717) is 0 Å². The van der Waals surface area contributed by atoms with E-state index in [1.54, 1.807) is 0 Å². The molecule has 0 radical (unpaired) electrons. The Labute approximate surface area is 162 Å². The van der Waals surface area contributed by atoms with E-state index in [4.69, 9.17) is 8.83 Å². The molecule has 0 N–H and O–H groups in total. The number of hydrogen-bond acceptors (Lipinski definition) is 2. The maximum absolute atomic E-state index is 6.42. The zero-order valence-electron chi connectivity index (χ0n) is 15.7. The molecule has 0 aliphatic rings. The zero-order chi connectivity index (χ0) is 18.8. The van der Waals surface area contributed by atoms with Crippen LogP contribution in [-0.4, -0.2) is 0 Å². The predicted molar refractivity (Wildman–Crippen MR) is 116 cm³/mol. The summed E-state index contributed by atoms with van der Waals surface area (Å²) in [7, 11) is 0. The van der Waals surface area contributed by atoms with Gasteiger partial charge in [0.1, 0.15) is 22.3 Å². The summed E-state index contributed by atoms with van der Waals surface area (Å²) in [5, 5.41) is 4.42. The summed E-state index contributed by atoms with van der Waals surface area (Å²) < 4.78 is 12.7. The minimum absolute atomic E-state index is 0.863. The van der Waals surface area contributed by atoms with Gasteiger partial charge in [-0.3, -0.25) is 0 Å². The molecule has 0 aliphatic heterocycles. The Balaban J connectivity index is 1.81. The van der Waals surface area contributed by atoms with Gasteiger partial charge in [-0.25, -0.2) is 0 Å². The summed E-state index contributed by atoms with van der Waals surface area (Å²) in [5.74, 6) is 0. The monoisotopic (exact) mass is 362 g/mol. The van der Waals surface area contributed by atoms with E-state index in [-0.39, 0.29) is 0 Å². The fraction of sp³-hybridized carbons (Fsp3) is 0.0769. The summed E-state index contributed by atoms with van der Waals surface area (Å²) >= 11 is 0. The van der Waals surface area contributed by atoms with Gasteiger partial charge < -0.3 is 8.83 Å². The lowest BCUT2D eigenvalue weighted by Crippen LogP contribution is -1.87. The second-order valence-electron chi connectivity index (χ2n) is 7.46. The fourth-order valence-corrected chi connectivity index (χ4v) is 4.39. The number of benzene rings is 4. The van der Waals surface area contributed by atoms with Crippen molar-refractivity contribution in [3.05, 3.63) is 83.9 Å². The minimum atomic E-state index is 0.863. The number of fused-ring (bicyclic) bond motifs is 7. The Hall–Kier alpha value is -3.52. The van der Waals surface area contributed by atoms with Crippen LogP contribution in [0.5, 0.6) is 0 Å². The van der Waals surface area contributed by atoms with E-state index in [2.05, 4.69) is 74.5 Å². The third kappa shape index (κ3) is 1.97.